The third-order valence-corrected chi connectivity index (χ3v) is 2.82. The Hall–Kier alpha value is -1.75. The lowest BCUT2D eigenvalue weighted by molar-refractivity contribution is -0.137. The van der Waals surface area contributed by atoms with Gasteiger partial charge < -0.3 is 15.2 Å². The highest BCUT2D eigenvalue weighted by molar-refractivity contribution is 6.31. The number of benzene rings is 1. The van der Waals surface area contributed by atoms with Gasteiger partial charge in [-0.05, 0) is 31.5 Å². The third kappa shape index (κ3) is 4.79. The minimum Gasteiger partial charge on any atom is -0.481 e. The first-order valence-corrected chi connectivity index (χ1v) is 6.18. The summed E-state index contributed by atoms with van der Waals surface area (Å²) < 4.78 is 4.68. The number of rotatable bonds is 6. The van der Waals surface area contributed by atoms with Crippen molar-refractivity contribution in [3.8, 4) is 0 Å². The maximum Gasteiger partial charge on any atom is 0.340 e. The zero-order valence-corrected chi connectivity index (χ0v) is 11.5. The number of halogens is 1. The Labute approximate surface area is 116 Å². The van der Waals surface area contributed by atoms with Crippen LogP contribution in [0.4, 0.5) is 5.69 Å². The smallest absolute Gasteiger partial charge is 0.340 e. The van der Waals surface area contributed by atoms with Crippen LogP contribution in [0.15, 0.2) is 18.2 Å². The molecule has 2 N–H and O–H groups in total. The Morgan fingerprint density at radius 2 is 2.16 bits per heavy atom. The highest BCUT2D eigenvalue weighted by atomic mass is 35.5. The number of hydrogen-bond acceptors (Lipinski definition) is 4. The van der Waals surface area contributed by atoms with E-state index in [9.17, 15) is 9.59 Å². The molecule has 0 aliphatic carbocycles. The number of hydrogen-bond donors (Lipinski definition) is 2. The number of anilines is 1. The molecule has 1 aromatic rings. The van der Waals surface area contributed by atoms with Crippen molar-refractivity contribution >= 4 is 29.2 Å². The number of methoxy groups -OCH3 is 1. The van der Waals surface area contributed by atoms with Gasteiger partial charge in [0, 0.05) is 23.2 Å². The molecule has 5 nitrogen and oxygen atoms in total. The fourth-order valence-corrected chi connectivity index (χ4v) is 1.77. The summed E-state index contributed by atoms with van der Waals surface area (Å²) in [4.78, 5) is 22.1. The van der Waals surface area contributed by atoms with Crippen LogP contribution in [0.25, 0.3) is 0 Å². The molecule has 19 heavy (non-hydrogen) atoms. The second kappa shape index (κ2) is 6.99. The molecular formula is C13H16ClNO4. The van der Waals surface area contributed by atoms with Crippen LogP contribution in [0, 0.1) is 0 Å². The summed E-state index contributed by atoms with van der Waals surface area (Å²) in [6, 6.07) is 4.76. The number of ether oxygens (including phenoxy) is 1. The number of carboxylic acids is 1. The van der Waals surface area contributed by atoms with Crippen molar-refractivity contribution in [1.82, 2.24) is 0 Å². The molecular weight excluding hydrogens is 270 g/mol. The molecule has 0 aliphatic heterocycles. The van der Waals surface area contributed by atoms with Gasteiger partial charge in [0.25, 0.3) is 0 Å². The number of aliphatic carboxylic acids is 1. The lowest BCUT2D eigenvalue weighted by Gasteiger charge is -2.16. The van der Waals surface area contributed by atoms with Crippen LogP contribution in [0.2, 0.25) is 5.02 Å². The zero-order chi connectivity index (χ0) is 14.4. The minimum atomic E-state index is -0.849. The average Bonchev–Trinajstić information content (AvgIpc) is 2.37. The molecule has 1 rings (SSSR count). The quantitative estimate of drug-likeness (QED) is 0.786. The molecule has 6 heteroatoms. The van der Waals surface area contributed by atoms with E-state index in [1.807, 2.05) is 6.92 Å². The van der Waals surface area contributed by atoms with Crippen molar-refractivity contribution in [2.24, 2.45) is 0 Å². The van der Waals surface area contributed by atoms with Gasteiger partial charge in [0.15, 0.2) is 0 Å². The van der Waals surface area contributed by atoms with E-state index in [4.69, 9.17) is 16.7 Å². The van der Waals surface area contributed by atoms with Crippen molar-refractivity contribution in [3.63, 3.8) is 0 Å². The van der Waals surface area contributed by atoms with E-state index < -0.39 is 11.9 Å². The number of nitrogens with one attached hydrogen (secondary N) is 1. The van der Waals surface area contributed by atoms with Crippen molar-refractivity contribution in [1.29, 1.82) is 0 Å². The van der Waals surface area contributed by atoms with Gasteiger partial charge in [0.2, 0.25) is 0 Å². The van der Waals surface area contributed by atoms with Crippen LogP contribution >= 0.6 is 11.6 Å². The number of carbonyl (C=O) groups excluding carboxylic acids is 1. The summed E-state index contributed by atoms with van der Waals surface area (Å²) in [5.74, 6) is -1.34. The van der Waals surface area contributed by atoms with Crippen molar-refractivity contribution in [2.45, 2.75) is 25.8 Å². The van der Waals surface area contributed by atoms with Crippen LogP contribution in [0.1, 0.15) is 30.1 Å². The lowest BCUT2D eigenvalue weighted by Crippen LogP contribution is -2.19. The van der Waals surface area contributed by atoms with Crippen molar-refractivity contribution in [3.05, 3.63) is 28.8 Å². The Bertz CT molecular complexity index is 476. The molecule has 0 amide bonds. The van der Waals surface area contributed by atoms with Gasteiger partial charge in [-0.2, -0.15) is 0 Å². The summed E-state index contributed by atoms with van der Waals surface area (Å²) in [5.41, 5.74) is 0.909. The van der Waals surface area contributed by atoms with E-state index in [2.05, 4.69) is 10.1 Å². The number of carbonyl (C=O) groups is 2. The highest BCUT2D eigenvalue weighted by Crippen LogP contribution is 2.22. The first-order chi connectivity index (χ1) is 8.93. The number of carboxylic acid groups (broad SMARTS) is 1. The van der Waals surface area contributed by atoms with Crippen molar-refractivity contribution in [2.75, 3.05) is 12.4 Å². The van der Waals surface area contributed by atoms with Gasteiger partial charge in [0.05, 0.1) is 12.7 Å². The molecule has 0 fully saturated rings. The van der Waals surface area contributed by atoms with E-state index in [0.29, 0.717) is 22.7 Å². The number of esters is 1. The maximum atomic E-state index is 11.6. The summed E-state index contributed by atoms with van der Waals surface area (Å²) in [7, 11) is 1.29. The van der Waals surface area contributed by atoms with Gasteiger partial charge >= 0.3 is 11.9 Å². The SMILES string of the molecule is COC(=O)c1cc(Cl)ccc1NC(C)CCC(=O)O. The van der Waals surface area contributed by atoms with Gasteiger partial charge in [-0.15, -0.1) is 0 Å². The largest absolute Gasteiger partial charge is 0.481 e. The molecule has 0 saturated carbocycles. The Balaban J connectivity index is 2.82. The van der Waals surface area contributed by atoms with Crippen LogP contribution < -0.4 is 5.32 Å². The molecule has 0 aliphatic rings. The second-order valence-corrected chi connectivity index (χ2v) is 4.60. The zero-order valence-electron chi connectivity index (χ0n) is 10.8. The van der Waals surface area contributed by atoms with Crippen LogP contribution in [0.3, 0.4) is 0 Å². The van der Waals surface area contributed by atoms with Crippen LogP contribution in [0.5, 0.6) is 0 Å². The fraction of sp³-hybridized carbons (Fsp3) is 0.385. The molecule has 1 unspecified atom stereocenters. The summed E-state index contributed by atoms with van der Waals surface area (Å²) in [6.45, 7) is 1.85. The highest BCUT2D eigenvalue weighted by Gasteiger charge is 2.14. The van der Waals surface area contributed by atoms with E-state index in [0.717, 1.165) is 0 Å². The third-order valence-electron chi connectivity index (χ3n) is 2.58. The van der Waals surface area contributed by atoms with Gasteiger partial charge in [0.1, 0.15) is 0 Å². The van der Waals surface area contributed by atoms with Crippen LogP contribution in [-0.4, -0.2) is 30.2 Å². The Morgan fingerprint density at radius 3 is 2.74 bits per heavy atom. The Kier molecular flexibility index (Phi) is 5.63. The molecule has 104 valence electrons. The maximum absolute atomic E-state index is 11.6. The molecule has 0 bridgehead atoms. The molecule has 0 saturated heterocycles. The standard InChI is InChI=1S/C13H16ClNO4/c1-8(3-6-12(16)17)15-11-5-4-9(14)7-10(11)13(18)19-2/h4-5,7-8,15H,3,6H2,1-2H3,(H,16,17). The van der Waals surface area contributed by atoms with Crippen LogP contribution in [-0.2, 0) is 9.53 Å². The average molecular weight is 286 g/mol. The van der Waals surface area contributed by atoms with E-state index in [1.54, 1.807) is 12.1 Å². The fourth-order valence-electron chi connectivity index (χ4n) is 1.60. The minimum absolute atomic E-state index is 0.0648. The van der Waals surface area contributed by atoms with Gasteiger partial charge in [-0.1, -0.05) is 11.6 Å². The van der Waals surface area contributed by atoms with E-state index >= 15 is 0 Å². The van der Waals surface area contributed by atoms with Crippen molar-refractivity contribution < 1.29 is 19.4 Å². The molecule has 0 aromatic heterocycles. The molecule has 1 atom stereocenters. The van der Waals surface area contributed by atoms with Gasteiger partial charge in [-0.3, -0.25) is 4.79 Å². The predicted molar refractivity (Wildman–Crippen MR) is 72.7 cm³/mol. The summed E-state index contributed by atoms with van der Waals surface area (Å²) in [6.07, 6.45) is 0.522. The summed E-state index contributed by atoms with van der Waals surface area (Å²) in [5, 5.41) is 12.1. The lowest BCUT2D eigenvalue weighted by atomic mass is 10.1. The molecule has 1 aromatic carbocycles. The first kappa shape index (κ1) is 15.3. The van der Waals surface area contributed by atoms with E-state index in [1.165, 1.54) is 13.2 Å². The first-order valence-electron chi connectivity index (χ1n) is 5.80. The summed E-state index contributed by atoms with van der Waals surface area (Å²) >= 11 is 5.84. The normalized spacial score (nSPS) is 11.7. The predicted octanol–water partition coefficient (Wildman–Crippen LogP) is 2.79. The Morgan fingerprint density at radius 1 is 1.47 bits per heavy atom. The van der Waals surface area contributed by atoms with Gasteiger partial charge in [-0.25, -0.2) is 4.79 Å². The molecule has 0 heterocycles. The molecule has 0 spiro atoms. The second-order valence-electron chi connectivity index (χ2n) is 4.16. The topological polar surface area (TPSA) is 75.6 Å². The molecule has 0 radical (unpaired) electrons. The van der Waals surface area contributed by atoms with E-state index in [-0.39, 0.29) is 12.5 Å². The monoisotopic (exact) mass is 285 g/mol.